The van der Waals surface area contributed by atoms with E-state index in [1.54, 1.807) is 6.26 Å². The van der Waals surface area contributed by atoms with Gasteiger partial charge in [0.1, 0.15) is 0 Å². The summed E-state index contributed by atoms with van der Waals surface area (Å²) in [7, 11) is 0.804. The highest BCUT2D eigenvalue weighted by Crippen LogP contribution is 2.18. The van der Waals surface area contributed by atoms with Gasteiger partial charge in [-0.2, -0.15) is 0 Å². The highest BCUT2D eigenvalue weighted by Gasteiger charge is 2.40. The van der Waals surface area contributed by atoms with Gasteiger partial charge >= 0.3 is 17.9 Å². The third-order valence-electron chi connectivity index (χ3n) is 3.07. The van der Waals surface area contributed by atoms with E-state index in [0.717, 1.165) is 12.5 Å². The Balaban J connectivity index is 0. The lowest BCUT2D eigenvalue weighted by Crippen LogP contribution is -2.46. The summed E-state index contributed by atoms with van der Waals surface area (Å²) in [4.78, 5) is 0. The molecule has 0 aliphatic rings. The molecule has 0 aromatic rings. The second-order valence-corrected chi connectivity index (χ2v) is 10.1. The first-order chi connectivity index (χ1) is 12.5. The van der Waals surface area contributed by atoms with Gasteiger partial charge < -0.3 is 35.7 Å². The topological polar surface area (TPSA) is 73.8 Å². The third-order valence-corrected chi connectivity index (χ3v) is 8.22. The minimum atomic E-state index is -2.69. The maximum absolute atomic E-state index is 5.74. The normalized spacial score (nSPS) is 12.2. The quantitative estimate of drug-likeness (QED) is 0.230. The zero-order valence-electron chi connectivity index (χ0n) is 17.7. The molecule has 0 unspecified atom stereocenters. The van der Waals surface area contributed by atoms with Crippen LogP contribution in [0.2, 0.25) is 6.04 Å². The number of rotatable bonds is 15. The average molecular weight is 415 g/mol. The first-order valence-corrected chi connectivity index (χ1v) is 12.4. The van der Waals surface area contributed by atoms with Crippen LogP contribution in [0.5, 0.6) is 0 Å². The van der Waals surface area contributed by atoms with Gasteiger partial charge in [0.2, 0.25) is 0 Å². The van der Waals surface area contributed by atoms with E-state index < -0.39 is 17.9 Å². The molecule has 0 fully saturated rings. The van der Waals surface area contributed by atoms with Gasteiger partial charge in [-0.3, -0.25) is 0 Å². The molecule has 0 bridgehead atoms. The first kappa shape index (κ1) is 27.9. The molecular weight excluding hydrogens is 376 g/mol. The molecule has 0 aromatic heterocycles. The van der Waals surface area contributed by atoms with Crippen molar-refractivity contribution in [2.75, 3.05) is 54.9 Å². The molecular formula is C16H38O8Si2. The van der Waals surface area contributed by atoms with Gasteiger partial charge in [0.15, 0.2) is 0 Å². The van der Waals surface area contributed by atoms with E-state index in [1.807, 2.05) is 33.8 Å². The SMILES string of the molecule is CC=COCCC[Si](OCC)(OCC)OCC.CO[Si](OC)(OC)OC. The van der Waals surface area contributed by atoms with Crippen molar-refractivity contribution in [3.05, 3.63) is 12.3 Å². The summed E-state index contributed by atoms with van der Waals surface area (Å²) < 4.78 is 41.9. The Labute approximate surface area is 161 Å². The van der Waals surface area contributed by atoms with Crippen molar-refractivity contribution in [1.29, 1.82) is 0 Å². The van der Waals surface area contributed by atoms with Crippen LogP contribution in [0.1, 0.15) is 34.1 Å². The Bertz CT molecular complexity index is 293. The van der Waals surface area contributed by atoms with Crippen LogP contribution in [0.4, 0.5) is 0 Å². The molecule has 0 saturated heterocycles. The van der Waals surface area contributed by atoms with Gasteiger partial charge in [-0.05, 0) is 34.1 Å². The van der Waals surface area contributed by atoms with Crippen molar-refractivity contribution in [2.45, 2.75) is 40.2 Å². The number of hydrogen-bond acceptors (Lipinski definition) is 8. The molecule has 0 atom stereocenters. The van der Waals surface area contributed by atoms with Crippen molar-refractivity contribution < 1.29 is 35.7 Å². The smallest absolute Gasteiger partial charge is 0.502 e. The maximum Gasteiger partial charge on any atom is 0.678 e. The lowest BCUT2D eigenvalue weighted by Gasteiger charge is -2.28. The third kappa shape index (κ3) is 12.1. The Kier molecular flexibility index (Phi) is 19.4. The van der Waals surface area contributed by atoms with Gasteiger partial charge in [-0.1, -0.05) is 6.08 Å². The van der Waals surface area contributed by atoms with Crippen molar-refractivity contribution in [2.24, 2.45) is 0 Å². The fourth-order valence-corrected chi connectivity index (χ4v) is 5.62. The fourth-order valence-electron chi connectivity index (χ4n) is 2.04. The minimum absolute atomic E-state index is 0.627. The minimum Gasteiger partial charge on any atom is -0.502 e. The molecule has 0 aliphatic heterocycles. The van der Waals surface area contributed by atoms with Crippen LogP contribution in [-0.4, -0.2) is 72.7 Å². The Morgan fingerprint density at radius 3 is 1.42 bits per heavy atom. The Morgan fingerprint density at radius 1 is 0.731 bits per heavy atom. The molecule has 0 spiro atoms. The predicted molar refractivity (Wildman–Crippen MR) is 105 cm³/mol. The van der Waals surface area contributed by atoms with Crippen molar-refractivity contribution >= 4 is 17.9 Å². The summed E-state index contributed by atoms with van der Waals surface area (Å²) in [6.07, 6.45) is 4.46. The fraction of sp³-hybridized carbons (Fsp3) is 0.875. The zero-order chi connectivity index (χ0) is 20.3. The second-order valence-electron chi connectivity index (χ2n) is 4.74. The average Bonchev–Trinajstić information content (AvgIpc) is 2.65. The van der Waals surface area contributed by atoms with Gasteiger partial charge in [0.25, 0.3) is 0 Å². The lowest BCUT2D eigenvalue weighted by molar-refractivity contribution is 0.0226. The Morgan fingerprint density at radius 2 is 1.15 bits per heavy atom. The highest BCUT2D eigenvalue weighted by atomic mass is 28.4. The van der Waals surface area contributed by atoms with Crippen LogP contribution in [-0.2, 0) is 35.7 Å². The zero-order valence-corrected chi connectivity index (χ0v) is 19.7. The summed E-state index contributed by atoms with van der Waals surface area (Å²) in [6, 6.07) is 0.806. The summed E-state index contributed by atoms with van der Waals surface area (Å²) in [5, 5.41) is 0. The highest BCUT2D eigenvalue weighted by molar-refractivity contribution is 6.60. The molecule has 158 valence electrons. The van der Waals surface area contributed by atoms with Crippen molar-refractivity contribution in [3.63, 3.8) is 0 Å². The first-order valence-electron chi connectivity index (χ1n) is 8.84. The largest absolute Gasteiger partial charge is 0.678 e. The Hall–Kier alpha value is -0.306. The molecule has 10 heteroatoms. The van der Waals surface area contributed by atoms with E-state index in [1.165, 1.54) is 28.4 Å². The lowest BCUT2D eigenvalue weighted by atomic mass is 10.5. The summed E-state index contributed by atoms with van der Waals surface area (Å²) in [5.41, 5.74) is 0. The van der Waals surface area contributed by atoms with Gasteiger partial charge in [0.05, 0.1) is 12.9 Å². The standard InChI is InChI=1S/C12H26O4Si.C4H12O4Si/c1-5-10-13-11-9-12-17(14-6-2,15-7-3)16-8-4;1-5-9(6-2,7-3)8-4/h5,10H,6-9,11-12H2,1-4H3;1-4H3. The van der Waals surface area contributed by atoms with E-state index >= 15 is 0 Å². The number of ether oxygens (including phenoxy) is 1. The summed E-state index contributed by atoms with van der Waals surface area (Å²) in [5.74, 6) is 0. The maximum atomic E-state index is 5.74. The number of hydrogen-bond donors (Lipinski definition) is 0. The van der Waals surface area contributed by atoms with Gasteiger partial charge in [-0.15, -0.1) is 0 Å². The second kappa shape index (κ2) is 18.1. The van der Waals surface area contributed by atoms with Crippen LogP contribution >= 0.6 is 0 Å². The molecule has 8 nitrogen and oxygen atoms in total. The summed E-state index contributed by atoms with van der Waals surface area (Å²) >= 11 is 0. The monoisotopic (exact) mass is 414 g/mol. The number of allylic oxidation sites excluding steroid dienone is 1. The van der Waals surface area contributed by atoms with E-state index in [9.17, 15) is 0 Å². The van der Waals surface area contributed by atoms with Crippen LogP contribution in [0.3, 0.4) is 0 Å². The predicted octanol–water partition coefficient (Wildman–Crippen LogP) is 2.98. The molecule has 0 radical (unpaired) electrons. The molecule has 26 heavy (non-hydrogen) atoms. The molecule has 0 aliphatic carbocycles. The van der Waals surface area contributed by atoms with E-state index in [0.29, 0.717) is 26.4 Å². The van der Waals surface area contributed by atoms with Crippen molar-refractivity contribution in [3.8, 4) is 0 Å². The van der Waals surface area contributed by atoms with E-state index in [2.05, 4.69) is 0 Å². The summed E-state index contributed by atoms with van der Waals surface area (Å²) in [6.45, 7) is 10.4. The van der Waals surface area contributed by atoms with Crippen LogP contribution in [0, 0.1) is 0 Å². The molecule has 0 rings (SSSR count). The van der Waals surface area contributed by atoms with E-state index in [-0.39, 0.29) is 0 Å². The van der Waals surface area contributed by atoms with Crippen LogP contribution in [0.25, 0.3) is 0 Å². The van der Waals surface area contributed by atoms with Crippen molar-refractivity contribution in [1.82, 2.24) is 0 Å². The van der Waals surface area contributed by atoms with Gasteiger partial charge in [-0.25, -0.2) is 0 Å². The van der Waals surface area contributed by atoms with E-state index in [4.69, 9.17) is 35.7 Å². The van der Waals surface area contributed by atoms with Crippen LogP contribution < -0.4 is 0 Å². The van der Waals surface area contributed by atoms with Crippen LogP contribution in [0.15, 0.2) is 12.3 Å². The molecule has 0 aromatic carbocycles. The molecule has 0 amide bonds. The van der Waals surface area contributed by atoms with Gasteiger partial charge in [0, 0.05) is 54.3 Å². The molecule has 0 heterocycles. The molecule has 0 saturated carbocycles. The molecule has 0 N–H and O–H groups in total.